The highest BCUT2D eigenvalue weighted by atomic mass is 32.2. The van der Waals surface area contributed by atoms with E-state index in [2.05, 4.69) is 10.9 Å². The number of nitrogens with zero attached hydrogens (tertiary/aromatic N) is 1. The molecule has 0 saturated heterocycles. The number of nitrogens with one attached hydrogen (secondary N) is 2. The van der Waals surface area contributed by atoms with Crippen LogP contribution in [0.4, 0.5) is 5.69 Å². The fraction of sp³-hybridized carbons (Fsp3) is 0.130. The predicted molar refractivity (Wildman–Crippen MR) is 120 cm³/mol. The molecule has 3 aromatic carbocycles. The molecule has 0 aliphatic carbocycles. The third-order valence-electron chi connectivity index (χ3n) is 4.99. The van der Waals surface area contributed by atoms with E-state index in [1.54, 1.807) is 54.6 Å². The molecule has 0 bridgehead atoms. The zero-order valence-electron chi connectivity index (χ0n) is 17.6. The van der Waals surface area contributed by atoms with Crippen molar-refractivity contribution in [2.45, 2.75) is 11.0 Å². The molecule has 2 amide bonds. The number of para-hydroxylation sites is 3. The maximum Gasteiger partial charge on any atom is 0.283 e. The third-order valence-corrected chi connectivity index (χ3v) is 6.79. The van der Waals surface area contributed by atoms with Crippen molar-refractivity contribution in [2.24, 2.45) is 0 Å². The van der Waals surface area contributed by atoms with Gasteiger partial charge in [-0.1, -0.05) is 30.3 Å². The average molecular weight is 468 g/mol. The molecule has 0 radical (unpaired) electrons. The van der Waals surface area contributed by atoms with Crippen LogP contribution in [0.1, 0.15) is 10.4 Å². The lowest BCUT2D eigenvalue weighted by Gasteiger charge is -2.25. The van der Waals surface area contributed by atoms with Crippen LogP contribution in [0.5, 0.6) is 11.5 Å². The first-order valence-corrected chi connectivity index (χ1v) is 11.4. The zero-order chi connectivity index (χ0) is 23.4. The van der Waals surface area contributed by atoms with Gasteiger partial charge in [0.05, 0.1) is 10.6 Å². The summed E-state index contributed by atoms with van der Waals surface area (Å²) >= 11 is 0. The fourth-order valence-electron chi connectivity index (χ4n) is 3.13. The number of ether oxygens (including phenoxy) is 2. The van der Waals surface area contributed by atoms with Crippen LogP contribution in [0, 0.1) is 0 Å². The predicted octanol–water partition coefficient (Wildman–Crippen LogP) is 2.11. The summed E-state index contributed by atoms with van der Waals surface area (Å²) in [6.07, 6.45) is -0.929. The van der Waals surface area contributed by atoms with Gasteiger partial charge in [0, 0.05) is 12.6 Å². The molecule has 1 aliphatic heterocycles. The fourth-order valence-corrected chi connectivity index (χ4v) is 4.33. The number of sulfonamides is 1. The van der Waals surface area contributed by atoms with E-state index in [0.29, 0.717) is 17.2 Å². The largest absolute Gasteiger partial charge is 0.485 e. The summed E-state index contributed by atoms with van der Waals surface area (Å²) in [6.45, 7) is 0.000204. The Bertz CT molecular complexity index is 1260. The van der Waals surface area contributed by atoms with Gasteiger partial charge in [-0.25, -0.2) is 8.42 Å². The maximum atomic E-state index is 12.8. The monoisotopic (exact) mass is 467 g/mol. The van der Waals surface area contributed by atoms with Crippen LogP contribution in [0.15, 0.2) is 83.8 Å². The minimum Gasteiger partial charge on any atom is -0.485 e. The highest BCUT2D eigenvalue weighted by Crippen LogP contribution is 2.30. The van der Waals surface area contributed by atoms with E-state index in [1.807, 2.05) is 0 Å². The second-order valence-electron chi connectivity index (χ2n) is 7.14. The summed E-state index contributed by atoms with van der Waals surface area (Å²) in [5, 5.41) is 0. The molecule has 0 saturated carbocycles. The summed E-state index contributed by atoms with van der Waals surface area (Å²) in [6, 6.07) is 21.0. The van der Waals surface area contributed by atoms with Crippen molar-refractivity contribution in [1.82, 2.24) is 10.9 Å². The number of hydrogen-bond donors (Lipinski definition) is 2. The molecular formula is C23H21N3O6S. The summed E-state index contributed by atoms with van der Waals surface area (Å²) < 4.78 is 37.9. The Hall–Kier alpha value is -4.05. The first-order chi connectivity index (χ1) is 15.9. The van der Waals surface area contributed by atoms with Gasteiger partial charge in [-0.05, 0) is 48.5 Å². The summed E-state index contributed by atoms with van der Waals surface area (Å²) in [5.41, 5.74) is 5.27. The van der Waals surface area contributed by atoms with Crippen molar-refractivity contribution in [3.63, 3.8) is 0 Å². The molecule has 9 nitrogen and oxygen atoms in total. The summed E-state index contributed by atoms with van der Waals surface area (Å²) in [5.74, 6) is -0.214. The van der Waals surface area contributed by atoms with Gasteiger partial charge in [0.25, 0.3) is 21.8 Å². The van der Waals surface area contributed by atoms with Crippen LogP contribution in [-0.2, 0) is 14.8 Å². The van der Waals surface area contributed by atoms with E-state index >= 15 is 0 Å². The zero-order valence-corrected chi connectivity index (χ0v) is 18.4. The SMILES string of the molecule is CN(c1ccccc1)S(=O)(=O)c1ccc(C(=O)NNC(=O)[C@H]2COc3ccccc3O2)cc1. The van der Waals surface area contributed by atoms with Crippen LogP contribution in [0.3, 0.4) is 0 Å². The van der Waals surface area contributed by atoms with Gasteiger partial charge in [-0.15, -0.1) is 0 Å². The molecule has 10 heteroatoms. The number of hydrazine groups is 1. The third kappa shape index (κ3) is 4.75. The number of amides is 2. The molecule has 0 spiro atoms. The van der Waals surface area contributed by atoms with Crippen molar-refractivity contribution >= 4 is 27.5 Å². The number of anilines is 1. The van der Waals surface area contributed by atoms with Gasteiger partial charge in [0.15, 0.2) is 11.5 Å². The quantitative estimate of drug-likeness (QED) is 0.556. The molecule has 2 N–H and O–H groups in total. The van der Waals surface area contributed by atoms with Gasteiger partial charge in [0.2, 0.25) is 6.10 Å². The molecule has 170 valence electrons. The highest BCUT2D eigenvalue weighted by molar-refractivity contribution is 7.92. The van der Waals surface area contributed by atoms with E-state index in [1.165, 1.54) is 31.3 Å². The Morgan fingerprint density at radius 1 is 0.879 bits per heavy atom. The van der Waals surface area contributed by atoms with Gasteiger partial charge < -0.3 is 9.47 Å². The number of hydrogen-bond acceptors (Lipinski definition) is 6. The molecular weight excluding hydrogens is 446 g/mol. The summed E-state index contributed by atoms with van der Waals surface area (Å²) in [4.78, 5) is 24.7. The van der Waals surface area contributed by atoms with Crippen molar-refractivity contribution in [3.8, 4) is 11.5 Å². The number of benzene rings is 3. The highest BCUT2D eigenvalue weighted by Gasteiger charge is 2.28. The van der Waals surface area contributed by atoms with E-state index < -0.39 is 27.9 Å². The van der Waals surface area contributed by atoms with E-state index in [4.69, 9.17) is 9.47 Å². The number of rotatable bonds is 5. The topological polar surface area (TPSA) is 114 Å². The molecule has 1 aliphatic rings. The smallest absolute Gasteiger partial charge is 0.283 e. The van der Waals surface area contributed by atoms with Gasteiger partial charge in [-0.3, -0.25) is 24.7 Å². The van der Waals surface area contributed by atoms with Gasteiger partial charge in [0.1, 0.15) is 6.61 Å². The molecule has 0 fully saturated rings. The lowest BCUT2D eigenvalue weighted by atomic mass is 10.2. The Balaban J connectivity index is 1.36. The minimum absolute atomic E-state index is 0.000204. The Labute approximate surface area is 191 Å². The maximum absolute atomic E-state index is 12.8. The second-order valence-corrected chi connectivity index (χ2v) is 9.11. The van der Waals surface area contributed by atoms with Crippen molar-refractivity contribution in [1.29, 1.82) is 0 Å². The lowest BCUT2D eigenvalue weighted by molar-refractivity contribution is -0.131. The normalized spacial score (nSPS) is 14.8. The molecule has 33 heavy (non-hydrogen) atoms. The molecule has 1 heterocycles. The van der Waals surface area contributed by atoms with Crippen LogP contribution in [0.25, 0.3) is 0 Å². The van der Waals surface area contributed by atoms with E-state index in [-0.39, 0.29) is 17.1 Å². The Morgan fingerprint density at radius 2 is 1.52 bits per heavy atom. The van der Waals surface area contributed by atoms with Crippen LogP contribution < -0.4 is 24.6 Å². The molecule has 4 rings (SSSR count). The molecule has 1 atom stereocenters. The number of carbonyl (C=O) groups is 2. The molecule has 0 unspecified atom stereocenters. The van der Waals surface area contributed by atoms with E-state index in [9.17, 15) is 18.0 Å². The van der Waals surface area contributed by atoms with Crippen LogP contribution in [-0.4, -0.2) is 40.0 Å². The van der Waals surface area contributed by atoms with Crippen LogP contribution in [0.2, 0.25) is 0 Å². The Morgan fingerprint density at radius 3 is 2.21 bits per heavy atom. The Kier molecular flexibility index (Phi) is 6.18. The molecule has 3 aromatic rings. The van der Waals surface area contributed by atoms with Gasteiger partial charge >= 0.3 is 0 Å². The standard InChI is InChI=1S/C23H21N3O6S/c1-26(17-7-3-2-4-8-17)33(29,30)18-13-11-16(12-14-18)22(27)24-25-23(28)21-15-31-19-9-5-6-10-20(19)32-21/h2-14,21H,15H2,1H3,(H,24,27)(H,25,28)/t21-/m1/s1. The van der Waals surface area contributed by atoms with Crippen molar-refractivity contribution < 1.29 is 27.5 Å². The first-order valence-electron chi connectivity index (χ1n) is 9.99. The second kappa shape index (κ2) is 9.21. The number of carbonyl (C=O) groups excluding carboxylic acids is 2. The average Bonchev–Trinajstić information content (AvgIpc) is 2.86. The molecule has 0 aromatic heterocycles. The van der Waals surface area contributed by atoms with Gasteiger partial charge in [-0.2, -0.15) is 0 Å². The first kappa shape index (κ1) is 22.2. The van der Waals surface area contributed by atoms with Crippen molar-refractivity contribution in [3.05, 3.63) is 84.4 Å². The lowest BCUT2D eigenvalue weighted by Crippen LogP contribution is -2.50. The minimum atomic E-state index is -3.80. The van der Waals surface area contributed by atoms with E-state index in [0.717, 1.165) is 4.31 Å². The van der Waals surface area contributed by atoms with Crippen LogP contribution >= 0.6 is 0 Å². The summed E-state index contributed by atoms with van der Waals surface area (Å²) in [7, 11) is -2.34. The number of fused-ring (bicyclic) bond motifs is 1. The van der Waals surface area contributed by atoms with Crippen molar-refractivity contribution in [2.75, 3.05) is 18.0 Å².